The number of amides is 4. The zero-order valence-corrected chi connectivity index (χ0v) is 11.0. The number of hydrogen-bond donors (Lipinski definition) is 3. The first-order valence-corrected chi connectivity index (χ1v) is 6.16. The normalized spacial score (nSPS) is 13.5. The Labute approximate surface area is 119 Å². The summed E-state index contributed by atoms with van der Waals surface area (Å²) in [5, 5.41) is 13.6. The molecule has 7 nitrogen and oxygen atoms in total. The Bertz CT molecular complexity index is 778. The second kappa shape index (κ2) is 4.48. The fraction of sp³-hybridized carbons (Fsp3) is 0.0714. The van der Waals surface area contributed by atoms with Gasteiger partial charge in [-0.15, -0.1) is 0 Å². The van der Waals surface area contributed by atoms with Gasteiger partial charge in [-0.2, -0.15) is 5.01 Å². The zero-order valence-electron chi connectivity index (χ0n) is 11.0. The van der Waals surface area contributed by atoms with Gasteiger partial charge in [-0.05, 0) is 18.2 Å². The lowest BCUT2D eigenvalue weighted by atomic mass is 9.94. The predicted molar refractivity (Wildman–Crippen MR) is 73.7 cm³/mol. The molecule has 0 bridgehead atoms. The maximum atomic E-state index is 12.4. The Morgan fingerprint density at radius 3 is 2.43 bits per heavy atom. The zero-order chi connectivity index (χ0) is 15.1. The quantitative estimate of drug-likeness (QED) is 0.680. The van der Waals surface area contributed by atoms with Gasteiger partial charge in [-0.3, -0.25) is 9.59 Å². The lowest BCUT2D eigenvalue weighted by Crippen LogP contribution is -2.53. The van der Waals surface area contributed by atoms with Crippen LogP contribution in [0.4, 0.5) is 4.79 Å². The first-order chi connectivity index (χ1) is 10.0. The number of phenols is 1. The van der Waals surface area contributed by atoms with Crippen LogP contribution < -0.4 is 10.7 Å². The maximum Gasteiger partial charge on any atom is 0.333 e. The van der Waals surface area contributed by atoms with Gasteiger partial charge in [0.1, 0.15) is 5.75 Å². The molecule has 0 spiro atoms. The molecule has 0 aromatic heterocycles. The summed E-state index contributed by atoms with van der Waals surface area (Å²) in [7, 11) is 1.38. The molecule has 1 aliphatic heterocycles. The van der Waals surface area contributed by atoms with Crippen LogP contribution in [0, 0.1) is 0 Å². The van der Waals surface area contributed by atoms with E-state index in [0.29, 0.717) is 15.8 Å². The van der Waals surface area contributed by atoms with Crippen LogP contribution in [0.5, 0.6) is 5.75 Å². The van der Waals surface area contributed by atoms with Crippen LogP contribution in [-0.4, -0.2) is 35.0 Å². The van der Waals surface area contributed by atoms with Crippen LogP contribution in [0.3, 0.4) is 0 Å². The summed E-state index contributed by atoms with van der Waals surface area (Å²) in [4.78, 5) is 36.1. The number of hydrogen-bond acceptors (Lipinski definition) is 4. The van der Waals surface area contributed by atoms with E-state index in [4.69, 9.17) is 0 Å². The standard InChI is InChI=1S/C14H11N3O4/c1-15-14(21)16-17-12(19)8-4-2-3-7-10(18)6-5-9(11(7)8)13(17)20/h2-6,18H,1H3,(H2,15,16,21). The number of rotatable bonds is 1. The molecule has 0 radical (unpaired) electrons. The molecule has 3 N–H and O–H groups in total. The summed E-state index contributed by atoms with van der Waals surface area (Å²) in [5.74, 6) is -1.30. The van der Waals surface area contributed by atoms with E-state index in [1.54, 1.807) is 18.2 Å². The van der Waals surface area contributed by atoms with Crippen LogP contribution in [0.1, 0.15) is 20.7 Å². The molecule has 3 rings (SSSR count). The van der Waals surface area contributed by atoms with Gasteiger partial charge in [0, 0.05) is 17.8 Å². The van der Waals surface area contributed by atoms with Gasteiger partial charge >= 0.3 is 6.03 Å². The Hall–Kier alpha value is -3.09. The summed E-state index contributed by atoms with van der Waals surface area (Å²) in [6, 6.07) is 6.90. The number of urea groups is 1. The van der Waals surface area contributed by atoms with Crippen LogP contribution in [-0.2, 0) is 0 Å². The lowest BCUT2D eigenvalue weighted by Gasteiger charge is -2.27. The summed E-state index contributed by atoms with van der Waals surface area (Å²) in [6.45, 7) is 0. The molecule has 4 amide bonds. The van der Waals surface area contributed by atoms with Crippen molar-refractivity contribution >= 4 is 28.6 Å². The molecular weight excluding hydrogens is 274 g/mol. The fourth-order valence-electron chi connectivity index (χ4n) is 2.34. The van der Waals surface area contributed by atoms with E-state index in [1.807, 2.05) is 0 Å². The average molecular weight is 285 g/mol. The van der Waals surface area contributed by atoms with E-state index in [9.17, 15) is 19.5 Å². The van der Waals surface area contributed by atoms with Crippen LogP contribution in [0.15, 0.2) is 30.3 Å². The molecule has 2 aromatic rings. The van der Waals surface area contributed by atoms with E-state index in [-0.39, 0.29) is 16.9 Å². The number of nitrogens with one attached hydrogen (secondary N) is 2. The molecular formula is C14H11N3O4. The minimum atomic E-state index is -0.675. The number of imide groups is 1. The van der Waals surface area contributed by atoms with Crippen molar-refractivity contribution < 1.29 is 19.5 Å². The third-order valence-corrected chi connectivity index (χ3v) is 3.33. The van der Waals surface area contributed by atoms with Crippen LogP contribution in [0.2, 0.25) is 0 Å². The Balaban J connectivity index is 2.22. The van der Waals surface area contributed by atoms with Crippen molar-refractivity contribution in [1.82, 2.24) is 15.8 Å². The van der Waals surface area contributed by atoms with E-state index in [0.717, 1.165) is 0 Å². The molecule has 0 atom stereocenters. The summed E-state index contributed by atoms with van der Waals surface area (Å²) in [5.41, 5.74) is 2.68. The Morgan fingerprint density at radius 1 is 1.10 bits per heavy atom. The monoisotopic (exact) mass is 285 g/mol. The molecule has 106 valence electrons. The molecule has 1 heterocycles. The molecule has 2 aromatic carbocycles. The van der Waals surface area contributed by atoms with Crippen molar-refractivity contribution in [3.63, 3.8) is 0 Å². The molecule has 1 aliphatic rings. The van der Waals surface area contributed by atoms with E-state index in [2.05, 4.69) is 10.7 Å². The van der Waals surface area contributed by atoms with E-state index in [1.165, 1.54) is 19.2 Å². The van der Waals surface area contributed by atoms with Crippen molar-refractivity contribution in [2.45, 2.75) is 0 Å². The topological polar surface area (TPSA) is 98.7 Å². The maximum absolute atomic E-state index is 12.4. The lowest BCUT2D eigenvalue weighted by molar-refractivity contribution is 0.0542. The highest BCUT2D eigenvalue weighted by Crippen LogP contribution is 2.34. The highest BCUT2D eigenvalue weighted by Gasteiger charge is 2.34. The minimum Gasteiger partial charge on any atom is -0.507 e. The smallest absolute Gasteiger partial charge is 0.333 e. The minimum absolute atomic E-state index is 0.0103. The number of nitrogens with zero attached hydrogens (tertiary/aromatic N) is 1. The van der Waals surface area contributed by atoms with Gasteiger partial charge in [0.25, 0.3) is 11.8 Å². The van der Waals surface area contributed by atoms with Crippen molar-refractivity contribution in [2.24, 2.45) is 0 Å². The molecule has 7 heteroatoms. The Kier molecular flexibility index (Phi) is 2.76. The second-order valence-corrected chi connectivity index (χ2v) is 4.50. The van der Waals surface area contributed by atoms with Gasteiger partial charge in [0.2, 0.25) is 0 Å². The molecule has 0 unspecified atom stereocenters. The van der Waals surface area contributed by atoms with Crippen LogP contribution >= 0.6 is 0 Å². The van der Waals surface area contributed by atoms with Crippen LogP contribution in [0.25, 0.3) is 10.8 Å². The summed E-state index contributed by atoms with van der Waals surface area (Å²) < 4.78 is 0. The number of carbonyl (C=O) groups excluding carboxylic acids is 3. The van der Waals surface area contributed by atoms with Gasteiger partial charge in [-0.1, -0.05) is 12.1 Å². The number of aromatic hydroxyl groups is 1. The molecule has 0 fully saturated rings. The van der Waals surface area contributed by atoms with Gasteiger partial charge in [0.15, 0.2) is 0 Å². The fourth-order valence-corrected chi connectivity index (χ4v) is 2.34. The molecule has 0 aliphatic carbocycles. The molecule has 0 saturated heterocycles. The average Bonchev–Trinajstić information content (AvgIpc) is 2.50. The van der Waals surface area contributed by atoms with Crippen molar-refractivity contribution in [3.8, 4) is 5.75 Å². The largest absolute Gasteiger partial charge is 0.507 e. The van der Waals surface area contributed by atoms with Crippen molar-refractivity contribution in [2.75, 3.05) is 7.05 Å². The first kappa shape index (κ1) is 12.9. The molecule has 21 heavy (non-hydrogen) atoms. The number of phenolic OH excluding ortho intramolecular Hbond substituents is 1. The SMILES string of the molecule is CNC(=O)NN1C(=O)c2cccc3c(O)ccc(c23)C1=O. The number of carbonyl (C=O) groups is 3. The van der Waals surface area contributed by atoms with Crippen molar-refractivity contribution in [3.05, 3.63) is 41.5 Å². The number of benzene rings is 2. The van der Waals surface area contributed by atoms with Gasteiger partial charge in [-0.25, -0.2) is 10.2 Å². The van der Waals surface area contributed by atoms with Crippen molar-refractivity contribution in [1.29, 1.82) is 0 Å². The van der Waals surface area contributed by atoms with Gasteiger partial charge in [0.05, 0.1) is 11.1 Å². The highest BCUT2D eigenvalue weighted by atomic mass is 16.3. The predicted octanol–water partition coefficient (Wildman–Crippen LogP) is 0.985. The first-order valence-electron chi connectivity index (χ1n) is 6.16. The highest BCUT2D eigenvalue weighted by molar-refractivity contribution is 6.26. The van der Waals surface area contributed by atoms with E-state index < -0.39 is 17.8 Å². The summed E-state index contributed by atoms with van der Waals surface area (Å²) >= 11 is 0. The third kappa shape index (κ3) is 1.78. The number of hydrazine groups is 1. The van der Waals surface area contributed by atoms with Gasteiger partial charge < -0.3 is 10.4 Å². The second-order valence-electron chi connectivity index (χ2n) is 4.50. The third-order valence-electron chi connectivity index (χ3n) is 3.33. The Morgan fingerprint density at radius 2 is 1.76 bits per heavy atom. The molecule has 0 saturated carbocycles. The van der Waals surface area contributed by atoms with E-state index >= 15 is 0 Å². The summed E-state index contributed by atoms with van der Waals surface area (Å²) in [6.07, 6.45) is 0.